The maximum atomic E-state index is 13.0. The molecular formula is C22H27N3O5S2. The first kappa shape index (κ1) is 23.9. The van der Waals surface area contributed by atoms with Crippen molar-refractivity contribution < 1.29 is 23.9 Å². The first-order valence-electron chi connectivity index (χ1n) is 10.6. The summed E-state index contributed by atoms with van der Waals surface area (Å²) in [5.41, 5.74) is 0.00138. The molecule has 10 heteroatoms. The molecule has 0 aromatic carbocycles. The highest BCUT2D eigenvalue weighted by Crippen LogP contribution is 2.38. The predicted molar refractivity (Wildman–Crippen MR) is 125 cm³/mol. The highest BCUT2D eigenvalue weighted by molar-refractivity contribution is 7.17. The monoisotopic (exact) mass is 477 g/mol. The number of carbonyl (C=O) groups excluding carboxylic acids is 4. The molecule has 2 N–H and O–H groups in total. The van der Waals surface area contributed by atoms with Crippen LogP contribution in [0.2, 0.25) is 0 Å². The second-order valence-electron chi connectivity index (χ2n) is 7.50. The van der Waals surface area contributed by atoms with E-state index in [1.165, 1.54) is 22.7 Å². The van der Waals surface area contributed by atoms with E-state index in [0.29, 0.717) is 23.4 Å². The Balaban J connectivity index is 1.80. The molecule has 4 amide bonds. The van der Waals surface area contributed by atoms with E-state index in [1.807, 2.05) is 31.4 Å². The third kappa shape index (κ3) is 4.71. The smallest absolute Gasteiger partial charge is 0.341 e. The van der Waals surface area contributed by atoms with Gasteiger partial charge in [0, 0.05) is 15.8 Å². The van der Waals surface area contributed by atoms with Gasteiger partial charge in [-0.25, -0.2) is 9.59 Å². The largest absolute Gasteiger partial charge is 0.462 e. The normalized spacial score (nSPS) is 15.0. The standard InChI is InChI=1S/C22H27N3O5S2/c1-4-9-22(10-5-2)20(28)25(21(29)24-22)12-16(26)23-18-17(19(27)30-6-3)14(13-32-18)15-8-7-11-31-15/h7-8,11,13H,4-6,9-10,12H2,1-3H3,(H,23,26)(H,24,29). The molecule has 3 heterocycles. The lowest BCUT2D eigenvalue weighted by Crippen LogP contribution is -2.47. The lowest BCUT2D eigenvalue weighted by Gasteiger charge is -2.25. The van der Waals surface area contributed by atoms with Gasteiger partial charge < -0.3 is 15.4 Å². The molecule has 0 aliphatic carbocycles. The molecule has 0 unspecified atom stereocenters. The van der Waals surface area contributed by atoms with Crippen LogP contribution in [0.4, 0.5) is 9.80 Å². The van der Waals surface area contributed by atoms with Gasteiger partial charge >= 0.3 is 12.0 Å². The molecule has 8 nitrogen and oxygen atoms in total. The highest BCUT2D eigenvalue weighted by Gasteiger charge is 2.50. The van der Waals surface area contributed by atoms with E-state index in [2.05, 4.69) is 10.6 Å². The van der Waals surface area contributed by atoms with Gasteiger partial charge in [-0.05, 0) is 31.2 Å². The molecule has 0 spiro atoms. The van der Waals surface area contributed by atoms with Gasteiger partial charge in [0.05, 0.1) is 6.61 Å². The summed E-state index contributed by atoms with van der Waals surface area (Å²) in [5.74, 6) is -1.47. The quantitative estimate of drug-likeness (QED) is 0.388. The number of nitrogens with zero attached hydrogens (tertiary/aromatic N) is 1. The van der Waals surface area contributed by atoms with Crippen LogP contribution in [-0.4, -0.2) is 47.4 Å². The van der Waals surface area contributed by atoms with Crippen molar-refractivity contribution in [3.05, 3.63) is 28.5 Å². The summed E-state index contributed by atoms with van der Waals surface area (Å²) in [6.45, 7) is 5.39. The van der Waals surface area contributed by atoms with E-state index in [-0.39, 0.29) is 18.1 Å². The molecule has 0 atom stereocenters. The summed E-state index contributed by atoms with van der Waals surface area (Å²) >= 11 is 2.68. The number of carbonyl (C=O) groups is 4. The molecule has 3 rings (SSSR count). The summed E-state index contributed by atoms with van der Waals surface area (Å²) in [6, 6.07) is 3.19. The number of rotatable bonds is 10. The number of nitrogens with one attached hydrogen (secondary N) is 2. The van der Waals surface area contributed by atoms with Crippen molar-refractivity contribution in [1.29, 1.82) is 0 Å². The van der Waals surface area contributed by atoms with Crippen LogP contribution >= 0.6 is 22.7 Å². The Kier molecular flexibility index (Phi) is 7.68. The lowest BCUT2D eigenvalue weighted by molar-refractivity contribution is -0.134. The second-order valence-corrected chi connectivity index (χ2v) is 9.33. The molecule has 1 aliphatic rings. The third-order valence-corrected chi connectivity index (χ3v) is 7.01. The topological polar surface area (TPSA) is 105 Å². The molecule has 1 saturated heterocycles. The number of imide groups is 1. The fourth-order valence-electron chi connectivity index (χ4n) is 3.92. The molecule has 172 valence electrons. The number of esters is 1. The van der Waals surface area contributed by atoms with E-state index >= 15 is 0 Å². The number of urea groups is 1. The van der Waals surface area contributed by atoms with Crippen LogP contribution < -0.4 is 10.6 Å². The zero-order chi connectivity index (χ0) is 23.3. The summed E-state index contributed by atoms with van der Waals surface area (Å²) in [5, 5.41) is 9.51. The fourth-order valence-corrected chi connectivity index (χ4v) is 5.70. The molecule has 1 aliphatic heterocycles. The molecular weight excluding hydrogens is 450 g/mol. The molecule has 0 saturated carbocycles. The zero-order valence-corrected chi connectivity index (χ0v) is 20.0. The summed E-state index contributed by atoms with van der Waals surface area (Å²) in [7, 11) is 0. The van der Waals surface area contributed by atoms with Gasteiger partial charge in [0.25, 0.3) is 5.91 Å². The van der Waals surface area contributed by atoms with Crippen molar-refractivity contribution in [2.45, 2.75) is 52.0 Å². The van der Waals surface area contributed by atoms with Crippen molar-refractivity contribution >= 4 is 51.5 Å². The first-order valence-corrected chi connectivity index (χ1v) is 12.4. The Hall–Kier alpha value is -2.72. The average molecular weight is 478 g/mol. The zero-order valence-electron chi connectivity index (χ0n) is 18.4. The minimum absolute atomic E-state index is 0.200. The van der Waals surface area contributed by atoms with Gasteiger partial charge in [0.2, 0.25) is 5.91 Å². The van der Waals surface area contributed by atoms with Crippen molar-refractivity contribution in [1.82, 2.24) is 10.2 Å². The van der Waals surface area contributed by atoms with Gasteiger partial charge in [0.15, 0.2) is 0 Å². The Morgan fingerprint density at radius 2 is 1.88 bits per heavy atom. The summed E-state index contributed by atoms with van der Waals surface area (Å²) in [4.78, 5) is 52.8. The van der Waals surface area contributed by atoms with Crippen LogP contribution in [0.5, 0.6) is 0 Å². The van der Waals surface area contributed by atoms with Gasteiger partial charge in [-0.1, -0.05) is 32.8 Å². The SMILES string of the molecule is CCCC1(CCC)NC(=O)N(CC(=O)Nc2scc(-c3cccs3)c2C(=O)OCC)C1=O. The second kappa shape index (κ2) is 10.3. The van der Waals surface area contributed by atoms with Crippen molar-refractivity contribution in [3.63, 3.8) is 0 Å². The minimum Gasteiger partial charge on any atom is -0.462 e. The number of ether oxygens (including phenoxy) is 1. The molecule has 2 aromatic heterocycles. The molecule has 0 radical (unpaired) electrons. The average Bonchev–Trinajstić information content (AvgIpc) is 3.45. The number of hydrogen-bond donors (Lipinski definition) is 2. The Morgan fingerprint density at radius 1 is 1.16 bits per heavy atom. The van der Waals surface area contributed by atoms with Gasteiger partial charge in [-0.3, -0.25) is 14.5 Å². The van der Waals surface area contributed by atoms with Crippen LogP contribution in [0.3, 0.4) is 0 Å². The Morgan fingerprint density at radius 3 is 2.47 bits per heavy atom. The summed E-state index contributed by atoms with van der Waals surface area (Å²) in [6.07, 6.45) is 2.50. The fraction of sp³-hybridized carbons (Fsp3) is 0.455. The van der Waals surface area contributed by atoms with E-state index < -0.39 is 30.0 Å². The maximum Gasteiger partial charge on any atom is 0.341 e. The first-order chi connectivity index (χ1) is 15.4. The van der Waals surface area contributed by atoms with Crippen molar-refractivity contribution in [2.24, 2.45) is 0 Å². The van der Waals surface area contributed by atoms with E-state index in [4.69, 9.17) is 4.74 Å². The van der Waals surface area contributed by atoms with Crippen LogP contribution in [-0.2, 0) is 14.3 Å². The summed E-state index contributed by atoms with van der Waals surface area (Å²) < 4.78 is 5.19. The number of amides is 4. The maximum absolute atomic E-state index is 13.0. The molecule has 0 bridgehead atoms. The van der Waals surface area contributed by atoms with Crippen LogP contribution in [0.15, 0.2) is 22.9 Å². The molecule has 32 heavy (non-hydrogen) atoms. The van der Waals surface area contributed by atoms with Gasteiger partial charge in [-0.15, -0.1) is 22.7 Å². The van der Waals surface area contributed by atoms with E-state index in [0.717, 1.165) is 22.6 Å². The van der Waals surface area contributed by atoms with E-state index in [9.17, 15) is 19.2 Å². The minimum atomic E-state index is -0.952. The Bertz CT molecular complexity index is 993. The lowest BCUT2D eigenvalue weighted by atomic mass is 9.88. The number of anilines is 1. The molecule has 1 fully saturated rings. The van der Waals surface area contributed by atoms with Crippen molar-refractivity contribution in [3.8, 4) is 10.4 Å². The van der Waals surface area contributed by atoms with Crippen LogP contribution in [0.1, 0.15) is 56.8 Å². The van der Waals surface area contributed by atoms with Crippen LogP contribution in [0, 0.1) is 0 Å². The third-order valence-electron chi connectivity index (χ3n) is 5.21. The molecule has 2 aromatic rings. The van der Waals surface area contributed by atoms with Crippen molar-refractivity contribution in [2.75, 3.05) is 18.5 Å². The number of hydrogen-bond acceptors (Lipinski definition) is 7. The number of thiophene rings is 2. The predicted octanol–water partition coefficient (Wildman–Crippen LogP) is 4.48. The van der Waals surface area contributed by atoms with Crippen LogP contribution in [0.25, 0.3) is 10.4 Å². The highest BCUT2D eigenvalue weighted by atomic mass is 32.1. The van der Waals surface area contributed by atoms with E-state index in [1.54, 1.807) is 12.3 Å². The Labute approximate surface area is 194 Å². The van der Waals surface area contributed by atoms with Gasteiger partial charge in [-0.2, -0.15) is 0 Å². The van der Waals surface area contributed by atoms with Gasteiger partial charge in [0.1, 0.15) is 22.6 Å².